The van der Waals surface area contributed by atoms with Gasteiger partial charge in [-0.2, -0.15) is 0 Å². The highest BCUT2D eigenvalue weighted by atomic mass is 35.5. The first-order valence-electron chi connectivity index (χ1n) is 12.6. The molecule has 0 aliphatic heterocycles. The van der Waals surface area contributed by atoms with E-state index in [2.05, 4.69) is 5.32 Å². The third-order valence-corrected chi connectivity index (χ3v) is 8.47. The van der Waals surface area contributed by atoms with E-state index >= 15 is 0 Å². The SMILES string of the molecule is CC[C@@H](C(=O)NC(C)(C)C)N(Cc1ccc(Cl)c(Cl)c1)C(=O)CN(c1ccccc1)S(=O)(=O)c1ccc(F)cc1. The zero-order chi connectivity index (χ0) is 29.7. The molecule has 0 spiro atoms. The van der Waals surface area contributed by atoms with Gasteiger partial charge < -0.3 is 10.2 Å². The van der Waals surface area contributed by atoms with Gasteiger partial charge >= 0.3 is 0 Å². The molecule has 3 aromatic rings. The molecule has 0 unspecified atom stereocenters. The average Bonchev–Trinajstić information content (AvgIpc) is 2.88. The highest BCUT2D eigenvalue weighted by molar-refractivity contribution is 7.92. The first-order valence-corrected chi connectivity index (χ1v) is 14.8. The Kier molecular flexibility index (Phi) is 10.2. The van der Waals surface area contributed by atoms with Crippen molar-refractivity contribution in [3.8, 4) is 0 Å². The minimum Gasteiger partial charge on any atom is -0.350 e. The zero-order valence-electron chi connectivity index (χ0n) is 22.7. The number of sulfonamides is 1. The Morgan fingerprint density at radius 3 is 2.12 bits per heavy atom. The standard InChI is InChI=1S/C29H32Cl2FN3O4S/c1-5-26(28(37)33-29(2,3)4)34(18-20-11-16-24(30)25(31)17-20)27(36)19-35(22-9-7-6-8-10-22)40(38,39)23-14-12-21(32)13-15-23/h6-17,26H,5,18-19H2,1-4H3,(H,33,37)/t26-/m0/s1. The summed E-state index contributed by atoms with van der Waals surface area (Å²) >= 11 is 12.3. The van der Waals surface area contributed by atoms with E-state index in [1.165, 1.54) is 4.90 Å². The fourth-order valence-electron chi connectivity index (χ4n) is 4.06. The summed E-state index contributed by atoms with van der Waals surface area (Å²) in [5.41, 5.74) is 0.282. The zero-order valence-corrected chi connectivity index (χ0v) is 25.0. The molecule has 1 N–H and O–H groups in total. The number of para-hydroxylation sites is 1. The summed E-state index contributed by atoms with van der Waals surface area (Å²) in [5, 5.41) is 3.53. The van der Waals surface area contributed by atoms with Crippen LogP contribution >= 0.6 is 23.2 Å². The van der Waals surface area contributed by atoms with Crippen molar-refractivity contribution in [2.75, 3.05) is 10.8 Å². The summed E-state index contributed by atoms with van der Waals surface area (Å²) in [6.45, 7) is 6.63. The highest BCUT2D eigenvalue weighted by Gasteiger charge is 2.34. The van der Waals surface area contributed by atoms with Crippen LogP contribution in [0.15, 0.2) is 77.7 Å². The molecule has 0 heterocycles. The first kappa shape index (κ1) is 31.4. The van der Waals surface area contributed by atoms with E-state index in [-0.39, 0.29) is 34.5 Å². The van der Waals surface area contributed by atoms with Crippen LogP contribution in [0.3, 0.4) is 0 Å². The largest absolute Gasteiger partial charge is 0.350 e. The molecule has 2 amide bonds. The van der Waals surface area contributed by atoms with Crippen LogP contribution in [0, 0.1) is 5.82 Å². The van der Waals surface area contributed by atoms with E-state index in [1.54, 1.807) is 55.5 Å². The lowest BCUT2D eigenvalue weighted by atomic mass is 10.1. The number of carbonyl (C=O) groups is 2. The maximum Gasteiger partial charge on any atom is 0.264 e. The number of carbonyl (C=O) groups excluding carboxylic acids is 2. The van der Waals surface area contributed by atoms with Gasteiger partial charge in [0.05, 0.1) is 20.6 Å². The van der Waals surface area contributed by atoms with Crippen LogP contribution in [0.25, 0.3) is 0 Å². The Balaban J connectivity index is 2.06. The van der Waals surface area contributed by atoms with Crippen molar-refractivity contribution in [3.63, 3.8) is 0 Å². The molecule has 0 radical (unpaired) electrons. The second kappa shape index (κ2) is 13.0. The Bertz CT molecular complexity index is 1450. The maximum absolute atomic E-state index is 14.0. The number of benzene rings is 3. The number of nitrogens with one attached hydrogen (secondary N) is 1. The fourth-order valence-corrected chi connectivity index (χ4v) is 5.80. The molecule has 0 fully saturated rings. The number of rotatable bonds is 10. The van der Waals surface area contributed by atoms with Crippen LogP contribution < -0.4 is 9.62 Å². The van der Waals surface area contributed by atoms with Crippen molar-refractivity contribution in [2.24, 2.45) is 0 Å². The number of hydrogen-bond donors (Lipinski definition) is 1. The van der Waals surface area contributed by atoms with Gasteiger partial charge in [0, 0.05) is 12.1 Å². The second-order valence-electron chi connectivity index (χ2n) is 10.2. The molecule has 214 valence electrons. The molecule has 1 atom stereocenters. The summed E-state index contributed by atoms with van der Waals surface area (Å²) in [7, 11) is -4.29. The molecule has 40 heavy (non-hydrogen) atoms. The summed E-state index contributed by atoms with van der Waals surface area (Å²) in [5.74, 6) is -1.59. The lowest BCUT2D eigenvalue weighted by Gasteiger charge is -2.34. The van der Waals surface area contributed by atoms with Crippen molar-refractivity contribution < 1.29 is 22.4 Å². The molecule has 7 nitrogen and oxygen atoms in total. The van der Waals surface area contributed by atoms with Crippen LogP contribution in [-0.4, -0.2) is 43.3 Å². The van der Waals surface area contributed by atoms with Gasteiger partial charge in [0.15, 0.2) is 0 Å². The molecule has 0 aliphatic carbocycles. The Hall–Kier alpha value is -3.14. The number of halogens is 3. The van der Waals surface area contributed by atoms with Crippen LogP contribution in [0.4, 0.5) is 10.1 Å². The lowest BCUT2D eigenvalue weighted by Crippen LogP contribution is -2.55. The fraction of sp³-hybridized carbons (Fsp3) is 0.310. The molecular formula is C29H32Cl2FN3O4S. The first-order chi connectivity index (χ1) is 18.7. The highest BCUT2D eigenvalue weighted by Crippen LogP contribution is 2.27. The molecule has 3 rings (SSSR count). The van der Waals surface area contributed by atoms with Gasteiger partial charge in [-0.1, -0.05) is 54.4 Å². The van der Waals surface area contributed by atoms with Gasteiger partial charge in [0.1, 0.15) is 18.4 Å². The van der Waals surface area contributed by atoms with E-state index in [0.29, 0.717) is 10.6 Å². The molecular weight excluding hydrogens is 576 g/mol. The normalized spacial score (nSPS) is 12.5. The maximum atomic E-state index is 14.0. The molecule has 11 heteroatoms. The van der Waals surface area contributed by atoms with Crippen LogP contribution in [0.1, 0.15) is 39.7 Å². The van der Waals surface area contributed by atoms with Crippen LogP contribution in [-0.2, 0) is 26.2 Å². The summed E-state index contributed by atoms with van der Waals surface area (Å²) in [4.78, 5) is 28.5. The summed E-state index contributed by atoms with van der Waals surface area (Å²) < 4.78 is 42.0. The average molecular weight is 609 g/mol. The Morgan fingerprint density at radius 2 is 1.57 bits per heavy atom. The lowest BCUT2D eigenvalue weighted by molar-refractivity contribution is -0.141. The predicted octanol–water partition coefficient (Wildman–Crippen LogP) is 6.05. The number of hydrogen-bond acceptors (Lipinski definition) is 4. The molecule has 0 aliphatic rings. The molecule has 0 saturated heterocycles. The van der Waals surface area contributed by atoms with Gasteiger partial charge in [0.25, 0.3) is 10.0 Å². The second-order valence-corrected chi connectivity index (χ2v) is 12.9. The van der Waals surface area contributed by atoms with Gasteiger partial charge in [-0.25, -0.2) is 12.8 Å². The van der Waals surface area contributed by atoms with Crippen molar-refractivity contribution in [1.29, 1.82) is 0 Å². The minimum atomic E-state index is -4.29. The minimum absolute atomic E-state index is 0.0228. The summed E-state index contributed by atoms with van der Waals surface area (Å²) in [6.07, 6.45) is 0.269. The Labute approximate surface area is 244 Å². The molecule has 3 aromatic carbocycles. The molecule has 0 bridgehead atoms. The third kappa shape index (κ3) is 7.96. The van der Waals surface area contributed by atoms with E-state index in [4.69, 9.17) is 23.2 Å². The van der Waals surface area contributed by atoms with E-state index in [0.717, 1.165) is 28.6 Å². The Morgan fingerprint density at radius 1 is 0.950 bits per heavy atom. The van der Waals surface area contributed by atoms with Crippen LogP contribution in [0.5, 0.6) is 0 Å². The van der Waals surface area contributed by atoms with Crippen molar-refractivity contribution in [2.45, 2.75) is 57.1 Å². The van der Waals surface area contributed by atoms with E-state index in [9.17, 15) is 22.4 Å². The van der Waals surface area contributed by atoms with Gasteiger partial charge in [0.2, 0.25) is 11.8 Å². The smallest absolute Gasteiger partial charge is 0.264 e. The van der Waals surface area contributed by atoms with Crippen molar-refractivity contribution in [3.05, 3.63) is 94.2 Å². The van der Waals surface area contributed by atoms with Crippen LogP contribution in [0.2, 0.25) is 10.0 Å². The predicted molar refractivity (Wildman–Crippen MR) is 156 cm³/mol. The number of anilines is 1. The van der Waals surface area contributed by atoms with Gasteiger partial charge in [-0.3, -0.25) is 13.9 Å². The monoisotopic (exact) mass is 607 g/mol. The number of amides is 2. The third-order valence-electron chi connectivity index (χ3n) is 5.95. The van der Waals surface area contributed by atoms with E-state index < -0.39 is 39.9 Å². The van der Waals surface area contributed by atoms with Gasteiger partial charge in [-0.05, 0) is 81.3 Å². The van der Waals surface area contributed by atoms with E-state index in [1.807, 2.05) is 20.8 Å². The molecule has 0 aromatic heterocycles. The topological polar surface area (TPSA) is 86.8 Å². The number of nitrogens with zero attached hydrogens (tertiary/aromatic N) is 2. The van der Waals surface area contributed by atoms with Crippen molar-refractivity contribution >= 4 is 50.7 Å². The molecule has 0 saturated carbocycles. The van der Waals surface area contributed by atoms with Crippen molar-refractivity contribution in [1.82, 2.24) is 10.2 Å². The van der Waals surface area contributed by atoms with Gasteiger partial charge in [-0.15, -0.1) is 0 Å². The summed E-state index contributed by atoms with van der Waals surface area (Å²) in [6, 6.07) is 16.5. The quantitative estimate of drug-likeness (QED) is 0.304.